The molecule has 0 amide bonds. The van der Waals surface area contributed by atoms with Crippen molar-refractivity contribution in [3.63, 3.8) is 0 Å². The Hall–Kier alpha value is -1.99. The zero-order chi connectivity index (χ0) is 18.1. The van der Waals surface area contributed by atoms with E-state index in [9.17, 15) is 8.42 Å². The summed E-state index contributed by atoms with van der Waals surface area (Å²) in [5.74, 6) is 1.83. The molecule has 7 heteroatoms. The van der Waals surface area contributed by atoms with Crippen molar-refractivity contribution in [1.29, 1.82) is 0 Å². The van der Waals surface area contributed by atoms with Gasteiger partial charge in [0, 0.05) is 24.7 Å². The van der Waals surface area contributed by atoms with Crippen LogP contribution in [-0.4, -0.2) is 25.4 Å². The van der Waals surface area contributed by atoms with E-state index in [4.69, 9.17) is 5.14 Å². The summed E-state index contributed by atoms with van der Waals surface area (Å²) < 4.78 is 23.1. The number of primary sulfonamides is 1. The molecule has 1 heterocycles. The van der Waals surface area contributed by atoms with Crippen LogP contribution in [0.25, 0.3) is 0 Å². The van der Waals surface area contributed by atoms with E-state index in [2.05, 4.69) is 23.8 Å². The number of sulfonamides is 1. The summed E-state index contributed by atoms with van der Waals surface area (Å²) >= 11 is 0. The van der Waals surface area contributed by atoms with E-state index in [0.29, 0.717) is 0 Å². The Labute approximate surface area is 143 Å². The lowest BCUT2D eigenvalue weighted by Crippen LogP contribution is -2.24. The van der Waals surface area contributed by atoms with Gasteiger partial charge in [0.2, 0.25) is 10.0 Å². The molecule has 0 fully saturated rings. The van der Waals surface area contributed by atoms with E-state index < -0.39 is 10.0 Å². The predicted molar refractivity (Wildman–Crippen MR) is 95.5 cm³/mol. The zero-order valence-corrected chi connectivity index (χ0v) is 15.5. The van der Waals surface area contributed by atoms with Crippen molar-refractivity contribution < 1.29 is 8.42 Å². The van der Waals surface area contributed by atoms with Gasteiger partial charge < -0.3 is 4.90 Å². The SMILES string of the molecule is Cc1cc(N(C)[C@H](C)c2cccc(S(N)(=O)=O)c2)nc(C(C)C)n1. The van der Waals surface area contributed by atoms with Gasteiger partial charge in [0.15, 0.2) is 0 Å². The number of benzene rings is 1. The summed E-state index contributed by atoms with van der Waals surface area (Å²) in [7, 11) is -1.79. The maximum Gasteiger partial charge on any atom is 0.238 e. The smallest absolute Gasteiger partial charge is 0.238 e. The van der Waals surface area contributed by atoms with Crippen molar-refractivity contribution in [1.82, 2.24) is 9.97 Å². The second-order valence-electron chi connectivity index (χ2n) is 6.28. The normalized spacial score (nSPS) is 13.1. The molecule has 2 N–H and O–H groups in total. The molecule has 0 spiro atoms. The van der Waals surface area contributed by atoms with E-state index in [1.54, 1.807) is 12.1 Å². The third-order valence-electron chi connectivity index (χ3n) is 3.99. The molecule has 24 heavy (non-hydrogen) atoms. The second-order valence-corrected chi connectivity index (χ2v) is 7.85. The van der Waals surface area contributed by atoms with Crippen molar-refractivity contribution in [2.24, 2.45) is 5.14 Å². The van der Waals surface area contributed by atoms with Crippen molar-refractivity contribution in [3.8, 4) is 0 Å². The zero-order valence-electron chi connectivity index (χ0n) is 14.7. The molecule has 1 aromatic carbocycles. The fourth-order valence-electron chi connectivity index (χ4n) is 2.39. The van der Waals surface area contributed by atoms with Crippen LogP contribution >= 0.6 is 0 Å². The van der Waals surface area contributed by atoms with Crippen LogP contribution in [0, 0.1) is 6.92 Å². The van der Waals surface area contributed by atoms with E-state index in [1.807, 2.05) is 37.9 Å². The highest BCUT2D eigenvalue weighted by Crippen LogP contribution is 2.26. The van der Waals surface area contributed by atoms with Crippen LogP contribution in [0.5, 0.6) is 0 Å². The van der Waals surface area contributed by atoms with Gasteiger partial charge in [-0.05, 0) is 31.5 Å². The third-order valence-corrected chi connectivity index (χ3v) is 4.90. The van der Waals surface area contributed by atoms with E-state index in [1.165, 1.54) is 6.07 Å². The summed E-state index contributed by atoms with van der Waals surface area (Å²) in [5, 5.41) is 5.22. The van der Waals surface area contributed by atoms with E-state index >= 15 is 0 Å². The number of aryl methyl sites for hydroxylation is 1. The van der Waals surface area contributed by atoms with Gasteiger partial charge in [0.1, 0.15) is 11.6 Å². The van der Waals surface area contributed by atoms with Crippen LogP contribution in [0.2, 0.25) is 0 Å². The van der Waals surface area contributed by atoms with Crippen molar-refractivity contribution >= 4 is 15.8 Å². The van der Waals surface area contributed by atoms with Gasteiger partial charge in [-0.1, -0.05) is 26.0 Å². The Morgan fingerprint density at radius 2 is 1.79 bits per heavy atom. The number of rotatable bonds is 5. The first kappa shape index (κ1) is 18.4. The third kappa shape index (κ3) is 4.10. The Morgan fingerprint density at radius 1 is 1.12 bits per heavy atom. The van der Waals surface area contributed by atoms with E-state index in [-0.39, 0.29) is 16.9 Å². The Bertz CT molecular complexity index is 834. The molecular weight excluding hydrogens is 324 g/mol. The molecular formula is C17H24N4O2S. The number of nitrogens with two attached hydrogens (primary N) is 1. The minimum Gasteiger partial charge on any atom is -0.353 e. The molecule has 0 aliphatic carbocycles. The average Bonchev–Trinajstić information content (AvgIpc) is 2.52. The number of hydrogen-bond donors (Lipinski definition) is 1. The second kappa shape index (κ2) is 6.86. The maximum absolute atomic E-state index is 11.6. The molecule has 130 valence electrons. The molecule has 0 unspecified atom stereocenters. The Morgan fingerprint density at radius 3 is 2.38 bits per heavy atom. The van der Waals surface area contributed by atoms with Crippen molar-refractivity contribution in [3.05, 3.63) is 47.4 Å². The molecule has 1 atom stereocenters. The molecule has 0 aliphatic rings. The van der Waals surface area contributed by atoms with Crippen LogP contribution in [0.1, 0.15) is 49.8 Å². The van der Waals surface area contributed by atoms with Crippen LogP contribution < -0.4 is 10.0 Å². The minimum absolute atomic E-state index is 0.0685. The van der Waals surface area contributed by atoms with Gasteiger partial charge in [-0.25, -0.2) is 23.5 Å². The summed E-state index contributed by atoms with van der Waals surface area (Å²) in [6.45, 7) is 8.04. The van der Waals surface area contributed by atoms with Crippen LogP contribution in [0.3, 0.4) is 0 Å². The average molecular weight is 348 g/mol. The molecule has 1 aromatic heterocycles. The quantitative estimate of drug-likeness (QED) is 0.897. The predicted octanol–water partition coefficient (Wildman–Crippen LogP) is 2.75. The first-order valence-electron chi connectivity index (χ1n) is 7.80. The first-order chi connectivity index (χ1) is 11.1. The fraction of sp³-hybridized carbons (Fsp3) is 0.412. The Kier molecular flexibility index (Phi) is 5.25. The van der Waals surface area contributed by atoms with Crippen molar-refractivity contribution in [2.45, 2.75) is 44.6 Å². The molecule has 2 aromatic rings. The highest BCUT2D eigenvalue weighted by Gasteiger charge is 2.18. The van der Waals surface area contributed by atoms with Gasteiger partial charge in [0.25, 0.3) is 0 Å². The lowest BCUT2D eigenvalue weighted by atomic mass is 10.1. The van der Waals surface area contributed by atoms with Gasteiger partial charge in [-0.2, -0.15) is 0 Å². The molecule has 0 saturated heterocycles. The topological polar surface area (TPSA) is 89.2 Å². The van der Waals surface area contributed by atoms with E-state index in [0.717, 1.165) is 22.9 Å². The number of hydrogen-bond acceptors (Lipinski definition) is 5. The molecule has 0 aliphatic heterocycles. The lowest BCUT2D eigenvalue weighted by Gasteiger charge is -2.27. The summed E-state index contributed by atoms with van der Waals surface area (Å²) in [4.78, 5) is 11.2. The number of anilines is 1. The largest absolute Gasteiger partial charge is 0.353 e. The van der Waals surface area contributed by atoms with Gasteiger partial charge in [-0.3, -0.25) is 0 Å². The number of nitrogens with zero attached hydrogens (tertiary/aromatic N) is 3. The van der Waals surface area contributed by atoms with Gasteiger partial charge >= 0.3 is 0 Å². The van der Waals surface area contributed by atoms with Crippen molar-refractivity contribution in [2.75, 3.05) is 11.9 Å². The standard InChI is InChI=1S/C17H24N4O2S/c1-11(2)17-19-12(3)9-16(20-17)21(5)13(4)14-7-6-8-15(10-14)24(18,22)23/h6-11,13H,1-5H3,(H2,18,22,23)/t13-/m1/s1. The van der Waals surface area contributed by atoms with Crippen LogP contribution in [0.15, 0.2) is 35.2 Å². The molecule has 2 rings (SSSR count). The summed E-state index contributed by atoms with van der Waals surface area (Å²) in [6, 6.07) is 8.54. The van der Waals surface area contributed by atoms with Gasteiger partial charge in [0.05, 0.1) is 10.9 Å². The fourth-order valence-corrected chi connectivity index (χ4v) is 2.96. The summed E-state index contributed by atoms with van der Waals surface area (Å²) in [6.07, 6.45) is 0. The highest BCUT2D eigenvalue weighted by molar-refractivity contribution is 7.89. The maximum atomic E-state index is 11.6. The highest BCUT2D eigenvalue weighted by atomic mass is 32.2. The molecule has 0 bridgehead atoms. The van der Waals surface area contributed by atoms with Crippen LogP contribution in [-0.2, 0) is 10.0 Å². The molecule has 6 nitrogen and oxygen atoms in total. The van der Waals surface area contributed by atoms with Crippen LogP contribution in [0.4, 0.5) is 5.82 Å². The van der Waals surface area contributed by atoms with Gasteiger partial charge in [-0.15, -0.1) is 0 Å². The Balaban J connectivity index is 2.38. The molecule has 0 saturated carbocycles. The molecule has 0 radical (unpaired) electrons. The first-order valence-corrected chi connectivity index (χ1v) is 9.35. The lowest BCUT2D eigenvalue weighted by molar-refractivity contribution is 0.597. The minimum atomic E-state index is -3.72. The summed E-state index contributed by atoms with van der Waals surface area (Å²) in [5.41, 5.74) is 1.76. The monoisotopic (exact) mass is 348 g/mol. The number of aromatic nitrogens is 2.